The molecular weight excluding hydrogens is 524 g/mol. The van der Waals surface area contributed by atoms with Crippen LogP contribution in [0.5, 0.6) is 11.5 Å². The lowest BCUT2D eigenvalue weighted by atomic mass is 9.85. The highest BCUT2D eigenvalue weighted by Crippen LogP contribution is 2.42. The highest BCUT2D eigenvalue weighted by atomic mass is 79.9. The van der Waals surface area contributed by atoms with Gasteiger partial charge in [0.15, 0.2) is 11.5 Å². The van der Waals surface area contributed by atoms with E-state index in [9.17, 15) is 9.59 Å². The van der Waals surface area contributed by atoms with Crippen molar-refractivity contribution in [2.24, 2.45) is 0 Å². The van der Waals surface area contributed by atoms with Gasteiger partial charge in [-0.2, -0.15) is 0 Å². The monoisotopic (exact) mass is 546 g/mol. The molecule has 4 N–H and O–H groups in total. The molecule has 0 amide bonds. The van der Waals surface area contributed by atoms with Crippen LogP contribution < -0.4 is 20.6 Å². The fraction of sp³-hybridized carbons (Fsp3) is 0.250. The van der Waals surface area contributed by atoms with Gasteiger partial charge in [0.2, 0.25) is 0 Å². The molecule has 0 saturated carbocycles. The molecule has 178 valence electrons. The second-order valence-corrected chi connectivity index (χ2v) is 9.07. The largest absolute Gasteiger partial charge is 0.490 e. The average Bonchev–Trinajstić information content (AvgIpc) is 3.31. The summed E-state index contributed by atoms with van der Waals surface area (Å²) in [5.41, 5.74) is 3.13. The maximum atomic E-state index is 12.7. The van der Waals surface area contributed by atoms with Gasteiger partial charge in [0.25, 0.3) is 11.1 Å². The van der Waals surface area contributed by atoms with Gasteiger partial charge in [-0.25, -0.2) is 0 Å². The number of rotatable bonds is 8. The van der Waals surface area contributed by atoms with Crippen LogP contribution in [0.25, 0.3) is 0 Å². The molecule has 2 heterocycles. The molecule has 0 fully saturated rings. The minimum Gasteiger partial charge on any atom is -0.490 e. The second kappa shape index (κ2) is 9.99. The molecule has 0 aliphatic carbocycles. The minimum atomic E-state index is -0.641. The Kier molecular flexibility index (Phi) is 7.04. The van der Waals surface area contributed by atoms with Crippen LogP contribution in [-0.4, -0.2) is 27.0 Å². The predicted octanol–water partition coefficient (Wildman–Crippen LogP) is 4.91. The third-order valence-electron chi connectivity index (χ3n) is 5.60. The molecule has 0 unspecified atom stereocenters. The number of aryl methyl sites for hydroxylation is 2. The van der Waals surface area contributed by atoms with Crippen molar-refractivity contribution in [2.45, 2.75) is 33.3 Å². The number of hydrogen-bond donors (Lipinski definition) is 4. The fourth-order valence-electron chi connectivity index (χ4n) is 4.01. The molecule has 0 atom stereocenters. The summed E-state index contributed by atoms with van der Waals surface area (Å²) in [6, 6.07) is 11.1. The van der Waals surface area contributed by atoms with Crippen molar-refractivity contribution in [1.82, 2.24) is 20.4 Å². The smallest absolute Gasteiger partial charge is 0.268 e. The van der Waals surface area contributed by atoms with E-state index in [2.05, 4.69) is 36.3 Å². The van der Waals surface area contributed by atoms with Gasteiger partial charge < -0.3 is 19.7 Å². The van der Waals surface area contributed by atoms with Gasteiger partial charge in [-0.1, -0.05) is 29.8 Å². The molecule has 2 aromatic carbocycles. The summed E-state index contributed by atoms with van der Waals surface area (Å²) in [6.45, 7) is 6.09. The molecule has 10 heteroatoms. The number of nitrogens with one attached hydrogen (secondary N) is 4. The third-order valence-corrected chi connectivity index (χ3v) is 6.55. The lowest BCUT2D eigenvalue weighted by Crippen LogP contribution is -2.20. The summed E-state index contributed by atoms with van der Waals surface area (Å²) in [5.74, 6) is 0.347. The Morgan fingerprint density at radius 2 is 1.56 bits per heavy atom. The van der Waals surface area contributed by atoms with E-state index in [1.807, 2.05) is 31.2 Å². The van der Waals surface area contributed by atoms with Crippen molar-refractivity contribution in [3.8, 4) is 11.5 Å². The second-order valence-electron chi connectivity index (χ2n) is 7.81. The first-order valence-corrected chi connectivity index (χ1v) is 11.9. The summed E-state index contributed by atoms with van der Waals surface area (Å²) in [7, 11) is 0. The van der Waals surface area contributed by atoms with E-state index in [1.165, 1.54) is 0 Å². The molecule has 0 spiro atoms. The highest BCUT2D eigenvalue weighted by Gasteiger charge is 2.29. The van der Waals surface area contributed by atoms with Gasteiger partial charge in [-0.05, 0) is 60.5 Å². The van der Waals surface area contributed by atoms with E-state index in [4.69, 9.17) is 21.1 Å². The van der Waals surface area contributed by atoms with Gasteiger partial charge in [0, 0.05) is 27.9 Å². The Hall–Kier alpha value is -3.17. The molecule has 4 aromatic rings. The zero-order chi connectivity index (χ0) is 24.4. The average molecular weight is 548 g/mol. The Bertz CT molecular complexity index is 1380. The summed E-state index contributed by atoms with van der Waals surface area (Å²) in [6.07, 6.45) is 0. The zero-order valence-corrected chi connectivity index (χ0v) is 21.2. The van der Waals surface area contributed by atoms with Gasteiger partial charge in [0.1, 0.15) is 6.61 Å². The van der Waals surface area contributed by atoms with E-state index in [0.29, 0.717) is 55.7 Å². The SMILES string of the molecule is CCOc1cc(C(c2c(C)[nH][nH]c2=O)c2c(C)[nH][nH]c2=O)cc(Br)c1OCc1ccccc1Cl. The summed E-state index contributed by atoms with van der Waals surface area (Å²) >= 11 is 9.88. The number of halogens is 2. The maximum Gasteiger partial charge on any atom is 0.268 e. The number of aromatic amines is 4. The van der Waals surface area contributed by atoms with Crippen molar-refractivity contribution in [3.63, 3.8) is 0 Å². The molecule has 8 nitrogen and oxygen atoms in total. The molecule has 0 radical (unpaired) electrons. The zero-order valence-electron chi connectivity index (χ0n) is 18.8. The predicted molar refractivity (Wildman–Crippen MR) is 134 cm³/mol. The first-order valence-electron chi connectivity index (χ1n) is 10.7. The molecule has 4 rings (SSSR count). The summed E-state index contributed by atoms with van der Waals surface area (Å²) in [5, 5.41) is 11.6. The lowest BCUT2D eigenvalue weighted by molar-refractivity contribution is 0.267. The van der Waals surface area contributed by atoms with E-state index in [-0.39, 0.29) is 17.7 Å². The van der Waals surface area contributed by atoms with Crippen LogP contribution in [0.4, 0.5) is 0 Å². The molecule has 0 saturated heterocycles. The number of H-pyrrole nitrogens is 4. The molecule has 0 bridgehead atoms. The standard InChI is InChI=1S/C24H24BrClN4O4/c1-4-33-18-10-15(9-16(25)22(18)34-11-14-7-5-6-8-17(14)26)21(19-12(2)27-29-23(19)31)20-13(3)28-30-24(20)32/h5-10,21H,4,11H2,1-3H3,(H2,27,29,31)(H2,28,30,32). The van der Waals surface area contributed by atoms with Crippen molar-refractivity contribution >= 4 is 27.5 Å². The van der Waals surface area contributed by atoms with Crippen LogP contribution in [0, 0.1) is 13.8 Å². The summed E-state index contributed by atoms with van der Waals surface area (Å²) < 4.78 is 12.6. The number of ether oxygens (including phenoxy) is 2. The van der Waals surface area contributed by atoms with Gasteiger partial charge in [-0.15, -0.1) is 0 Å². The van der Waals surface area contributed by atoms with Gasteiger partial charge in [-0.3, -0.25) is 19.8 Å². The topological polar surface area (TPSA) is 116 Å². The molecule has 2 aromatic heterocycles. The van der Waals surface area contributed by atoms with Crippen LogP contribution >= 0.6 is 27.5 Å². The quantitative estimate of drug-likeness (QED) is 0.251. The summed E-state index contributed by atoms with van der Waals surface area (Å²) in [4.78, 5) is 25.5. The van der Waals surface area contributed by atoms with Crippen LogP contribution in [0.2, 0.25) is 5.02 Å². The van der Waals surface area contributed by atoms with Crippen molar-refractivity contribution in [2.75, 3.05) is 6.61 Å². The third kappa shape index (κ3) is 4.58. The van der Waals surface area contributed by atoms with Crippen LogP contribution in [-0.2, 0) is 6.61 Å². The van der Waals surface area contributed by atoms with E-state index in [1.54, 1.807) is 26.0 Å². The maximum absolute atomic E-state index is 12.7. The van der Waals surface area contributed by atoms with Crippen LogP contribution in [0.1, 0.15) is 46.5 Å². The Balaban J connectivity index is 1.84. The Morgan fingerprint density at radius 3 is 2.09 bits per heavy atom. The Morgan fingerprint density at radius 1 is 0.941 bits per heavy atom. The van der Waals surface area contributed by atoms with Gasteiger partial charge >= 0.3 is 0 Å². The number of hydrogen-bond acceptors (Lipinski definition) is 4. The number of benzene rings is 2. The van der Waals surface area contributed by atoms with Crippen LogP contribution in [0.3, 0.4) is 0 Å². The number of aromatic nitrogens is 4. The molecule has 34 heavy (non-hydrogen) atoms. The minimum absolute atomic E-state index is 0.244. The fourth-order valence-corrected chi connectivity index (χ4v) is 4.77. The van der Waals surface area contributed by atoms with Crippen LogP contribution in [0.15, 0.2) is 50.5 Å². The first kappa shape index (κ1) is 24.0. The normalized spacial score (nSPS) is 11.2. The van der Waals surface area contributed by atoms with E-state index >= 15 is 0 Å². The lowest BCUT2D eigenvalue weighted by Gasteiger charge is -2.20. The van der Waals surface area contributed by atoms with E-state index in [0.717, 1.165) is 5.56 Å². The molecular formula is C24H24BrClN4O4. The van der Waals surface area contributed by atoms with Gasteiger partial charge in [0.05, 0.1) is 22.2 Å². The van der Waals surface area contributed by atoms with Crippen molar-refractivity contribution in [3.05, 3.63) is 100 Å². The van der Waals surface area contributed by atoms with Crippen molar-refractivity contribution in [1.29, 1.82) is 0 Å². The molecule has 0 aliphatic rings. The first-order chi connectivity index (χ1) is 16.3. The Labute approximate surface area is 208 Å². The molecule has 0 aliphatic heterocycles. The van der Waals surface area contributed by atoms with E-state index < -0.39 is 5.92 Å². The highest BCUT2D eigenvalue weighted by molar-refractivity contribution is 9.10. The van der Waals surface area contributed by atoms with Crippen molar-refractivity contribution < 1.29 is 9.47 Å².